The minimum absolute atomic E-state index is 0.108. The van der Waals surface area contributed by atoms with Crippen LogP contribution in [0.5, 0.6) is 0 Å². The molecule has 0 spiro atoms. The molecule has 2 fully saturated rings. The van der Waals surface area contributed by atoms with Crippen LogP contribution >= 0.6 is 0 Å². The summed E-state index contributed by atoms with van der Waals surface area (Å²) in [6, 6.07) is 0.696. The van der Waals surface area contributed by atoms with E-state index in [1.165, 1.54) is 19.3 Å². The number of hydrogen-bond acceptors (Lipinski definition) is 4. The van der Waals surface area contributed by atoms with Crippen LogP contribution < -0.4 is 10.6 Å². The van der Waals surface area contributed by atoms with Crippen LogP contribution in [0.15, 0.2) is 0 Å². The first-order valence-corrected chi connectivity index (χ1v) is 8.02. The standard InChI is InChI=1S/C15H29N3O2/c1-12(2)17-15(19)14-11-20-10-9-18(14)8-6-13-5-3-4-7-16-13/h12-14,16H,3-11H2,1-2H3,(H,17,19). The molecule has 20 heavy (non-hydrogen) atoms. The summed E-state index contributed by atoms with van der Waals surface area (Å²) in [5.41, 5.74) is 0. The molecule has 0 bridgehead atoms. The van der Waals surface area contributed by atoms with Crippen LogP contribution in [0.25, 0.3) is 0 Å². The second kappa shape index (κ2) is 7.96. The molecule has 1 amide bonds. The van der Waals surface area contributed by atoms with Gasteiger partial charge in [-0.05, 0) is 39.7 Å². The Morgan fingerprint density at radius 2 is 2.30 bits per heavy atom. The van der Waals surface area contributed by atoms with Gasteiger partial charge in [0, 0.05) is 25.2 Å². The van der Waals surface area contributed by atoms with Crippen molar-refractivity contribution in [1.29, 1.82) is 0 Å². The number of morpholine rings is 1. The normalized spacial score (nSPS) is 28.6. The number of carbonyl (C=O) groups is 1. The van der Waals surface area contributed by atoms with Crippen LogP contribution in [0, 0.1) is 0 Å². The number of piperidine rings is 1. The predicted octanol–water partition coefficient (Wildman–Crippen LogP) is 0.744. The van der Waals surface area contributed by atoms with Gasteiger partial charge in [0.1, 0.15) is 6.04 Å². The average Bonchev–Trinajstić information content (AvgIpc) is 2.46. The van der Waals surface area contributed by atoms with Gasteiger partial charge in [-0.3, -0.25) is 9.69 Å². The molecule has 2 aliphatic heterocycles. The molecular formula is C15H29N3O2. The second-order valence-corrected chi connectivity index (χ2v) is 6.23. The lowest BCUT2D eigenvalue weighted by Gasteiger charge is -2.36. The van der Waals surface area contributed by atoms with Crippen LogP contribution in [-0.2, 0) is 9.53 Å². The third kappa shape index (κ3) is 4.72. The van der Waals surface area contributed by atoms with Crippen molar-refractivity contribution in [2.24, 2.45) is 0 Å². The molecule has 2 aliphatic rings. The number of nitrogens with one attached hydrogen (secondary N) is 2. The molecule has 0 radical (unpaired) electrons. The Hall–Kier alpha value is -0.650. The molecule has 2 atom stereocenters. The van der Waals surface area contributed by atoms with Crippen LogP contribution in [0.2, 0.25) is 0 Å². The maximum Gasteiger partial charge on any atom is 0.239 e. The van der Waals surface area contributed by atoms with Crippen molar-refractivity contribution < 1.29 is 9.53 Å². The zero-order chi connectivity index (χ0) is 14.4. The van der Waals surface area contributed by atoms with Gasteiger partial charge in [-0.25, -0.2) is 0 Å². The fraction of sp³-hybridized carbons (Fsp3) is 0.933. The Bertz CT molecular complexity index is 303. The molecule has 0 saturated carbocycles. The van der Waals surface area contributed by atoms with E-state index in [2.05, 4.69) is 15.5 Å². The number of nitrogens with zero attached hydrogens (tertiary/aromatic N) is 1. The highest BCUT2D eigenvalue weighted by atomic mass is 16.5. The van der Waals surface area contributed by atoms with E-state index in [0.717, 1.165) is 32.7 Å². The summed E-state index contributed by atoms with van der Waals surface area (Å²) in [5.74, 6) is 0.108. The van der Waals surface area contributed by atoms with Crippen molar-refractivity contribution in [1.82, 2.24) is 15.5 Å². The highest BCUT2D eigenvalue weighted by molar-refractivity contribution is 5.82. The van der Waals surface area contributed by atoms with Gasteiger partial charge in [0.2, 0.25) is 5.91 Å². The van der Waals surface area contributed by atoms with Crippen LogP contribution in [0.1, 0.15) is 39.5 Å². The Morgan fingerprint density at radius 1 is 1.45 bits per heavy atom. The molecule has 0 aliphatic carbocycles. The van der Waals surface area contributed by atoms with Gasteiger partial charge in [0.05, 0.1) is 13.2 Å². The predicted molar refractivity (Wildman–Crippen MR) is 79.7 cm³/mol. The number of hydrogen-bond donors (Lipinski definition) is 2. The average molecular weight is 283 g/mol. The SMILES string of the molecule is CC(C)NC(=O)C1COCCN1CCC1CCCCN1. The van der Waals surface area contributed by atoms with E-state index in [9.17, 15) is 4.79 Å². The van der Waals surface area contributed by atoms with Gasteiger partial charge in [-0.15, -0.1) is 0 Å². The highest BCUT2D eigenvalue weighted by Gasteiger charge is 2.29. The Morgan fingerprint density at radius 3 is 3.00 bits per heavy atom. The van der Waals surface area contributed by atoms with Gasteiger partial charge < -0.3 is 15.4 Å². The first-order valence-electron chi connectivity index (χ1n) is 8.02. The van der Waals surface area contributed by atoms with Crippen molar-refractivity contribution in [3.8, 4) is 0 Å². The molecule has 2 saturated heterocycles. The van der Waals surface area contributed by atoms with Crippen LogP contribution in [0.4, 0.5) is 0 Å². The largest absolute Gasteiger partial charge is 0.378 e. The minimum atomic E-state index is -0.116. The topological polar surface area (TPSA) is 53.6 Å². The molecule has 0 aromatic rings. The lowest BCUT2D eigenvalue weighted by atomic mass is 10.0. The van der Waals surface area contributed by atoms with E-state index >= 15 is 0 Å². The first kappa shape index (κ1) is 15.7. The minimum Gasteiger partial charge on any atom is -0.378 e. The van der Waals surface area contributed by atoms with E-state index in [-0.39, 0.29) is 18.0 Å². The van der Waals surface area contributed by atoms with Crippen molar-refractivity contribution >= 4 is 5.91 Å². The van der Waals surface area contributed by atoms with Gasteiger partial charge >= 0.3 is 0 Å². The Balaban J connectivity index is 1.81. The van der Waals surface area contributed by atoms with Crippen LogP contribution in [0.3, 0.4) is 0 Å². The molecule has 0 aromatic carbocycles. The van der Waals surface area contributed by atoms with Crippen molar-refractivity contribution in [2.45, 2.75) is 57.7 Å². The fourth-order valence-electron chi connectivity index (χ4n) is 3.02. The summed E-state index contributed by atoms with van der Waals surface area (Å²) in [5, 5.41) is 6.58. The third-order valence-electron chi connectivity index (χ3n) is 4.15. The van der Waals surface area contributed by atoms with Crippen molar-refractivity contribution in [3.05, 3.63) is 0 Å². The molecule has 2 rings (SSSR count). The highest BCUT2D eigenvalue weighted by Crippen LogP contribution is 2.14. The van der Waals surface area contributed by atoms with Crippen molar-refractivity contribution in [3.63, 3.8) is 0 Å². The van der Waals surface area contributed by atoms with E-state index in [1.54, 1.807) is 0 Å². The molecule has 5 nitrogen and oxygen atoms in total. The molecular weight excluding hydrogens is 254 g/mol. The second-order valence-electron chi connectivity index (χ2n) is 6.23. The summed E-state index contributed by atoms with van der Waals surface area (Å²) in [6.45, 7) is 8.25. The summed E-state index contributed by atoms with van der Waals surface area (Å²) in [7, 11) is 0. The van der Waals surface area contributed by atoms with E-state index in [4.69, 9.17) is 4.74 Å². The number of amides is 1. The lowest BCUT2D eigenvalue weighted by Crippen LogP contribution is -2.55. The third-order valence-corrected chi connectivity index (χ3v) is 4.15. The van der Waals surface area contributed by atoms with E-state index in [0.29, 0.717) is 12.6 Å². The monoisotopic (exact) mass is 283 g/mol. The van der Waals surface area contributed by atoms with E-state index in [1.807, 2.05) is 13.8 Å². The smallest absolute Gasteiger partial charge is 0.239 e. The summed E-state index contributed by atoms with van der Waals surface area (Å²) < 4.78 is 5.49. The number of ether oxygens (including phenoxy) is 1. The quantitative estimate of drug-likeness (QED) is 0.781. The molecule has 0 aromatic heterocycles. The molecule has 116 valence electrons. The van der Waals surface area contributed by atoms with Gasteiger partial charge in [0.15, 0.2) is 0 Å². The van der Waals surface area contributed by atoms with Crippen LogP contribution in [-0.4, -0.2) is 61.8 Å². The molecule has 2 heterocycles. The Labute approximate surface area is 122 Å². The van der Waals surface area contributed by atoms with Gasteiger partial charge in [-0.2, -0.15) is 0 Å². The zero-order valence-electron chi connectivity index (χ0n) is 12.9. The summed E-state index contributed by atoms with van der Waals surface area (Å²) >= 11 is 0. The lowest BCUT2D eigenvalue weighted by molar-refractivity contribution is -0.133. The van der Waals surface area contributed by atoms with Gasteiger partial charge in [-0.1, -0.05) is 6.42 Å². The van der Waals surface area contributed by atoms with E-state index < -0.39 is 0 Å². The molecule has 2 N–H and O–H groups in total. The maximum atomic E-state index is 12.2. The Kier molecular flexibility index (Phi) is 6.26. The fourth-order valence-corrected chi connectivity index (χ4v) is 3.02. The summed E-state index contributed by atoms with van der Waals surface area (Å²) in [6.07, 6.45) is 5.03. The summed E-state index contributed by atoms with van der Waals surface area (Å²) in [4.78, 5) is 14.5. The van der Waals surface area contributed by atoms with Gasteiger partial charge in [0.25, 0.3) is 0 Å². The number of rotatable bonds is 5. The van der Waals surface area contributed by atoms with Crippen molar-refractivity contribution in [2.75, 3.05) is 32.8 Å². The molecule has 5 heteroatoms. The maximum absolute atomic E-state index is 12.2. The molecule has 2 unspecified atom stereocenters. The zero-order valence-corrected chi connectivity index (χ0v) is 12.9. The number of carbonyl (C=O) groups excluding carboxylic acids is 1. The first-order chi connectivity index (χ1) is 9.66.